The molecule has 0 amide bonds. The van der Waals surface area contributed by atoms with Crippen LogP contribution in [0.2, 0.25) is 0 Å². The smallest absolute Gasteiger partial charge is 0.122 e. The topological polar surface area (TPSA) is 38.5 Å². The highest BCUT2D eigenvalue weighted by atomic mass is 16.5. The van der Waals surface area contributed by atoms with Crippen molar-refractivity contribution >= 4 is 5.69 Å². The van der Waals surface area contributed by atoms with Gasteiger partial charge in [-0.15, -0.1) is 0 Å². The van der Waals surface area contributed by atoms with Gasteiger partial charge < -0.3 is 15.4 Å². The molecule has 1 atom stereocenters. The molecule has 0 unspecified atom stereocenters. The number of hydrogen-bond donors (Lipinski definition) is 1. The summed E-state index contributed by atoms with van der Waals surface area (Å²) in [6, 6.07) is 5.80. The van der Waals surface area contributed by atoms with Gasteiger partial charge in [-0.05, 0) is 44.2 Å². The normalized spacial score (nSPS) is 21.9. The summed E-state index contributed by atoms with van der Waals surface area (Å²) in [5, 5.41) is 0. The number of likely N-dealkylation sites (tertiary alicyclic amines) is 1. The van der Waals surface area contributed by atoms with Crippen molar-refractivity contribution in [1.82, 2.24) is 4.90 Å². The van der Waals surface area contributed by atoms with Crippen molar-refractivity contribution in [2.24, 2.45) is 0 Å². The molecule has 0 radical (unpaired) electrons. The number of rotatable bonds is 2. The standard InChI is InChI=1S/C12H18N2O/c1-9-7-10(13)3-4-12(9)15-11-5-6-14(2)8-11/h3-4,7,11H,5-6,8,13H2,1-2H3/t11-/m0/s1. The number of benzene rings is 1. The summed E-state index contributed by atoms with van der Waals surface area (Å²) in [6.45, 7) is 4.17. The van der Waals surface area contributed by atoms with Gasteiger partial charge >= 0.3 is 0 Å². The number of anilines is 1. The lowest BCUT2D eigenvalue weighted by molar-refractivity contribution is 0.207. The van der Waals surface area contributed by atoms with Crippen molar-refractivity contribution in [3.63, 3.8) is 0 Å². The molecule has 3 nitrogen and oxygen atoms in total. The number of ether oxygens (including phenoxy) is 1. The van der Waals surface area contributed by atoms with Gasteiger partial charge in [0.05, 0.1) is 0 Å². The Labute approximate surface area is 90.8 Å². The Morgan fingerprint density at radius 3 is 2.87 bits per heavy atom. The van der Waals surface area contributed by atoms with Crippen molar-refractivity contribution in [1.29, 1.82) is 0 Å². The number of nitrogens with two attached hydrogens (primary N) is 1. The van der Waals surface area contributed by atoms with E-state index in [9.17, 15) is 0 Å². The lowest BCUT2D eigenvalue weighted by atomic mass is 10.2. The third-order valence-electron chi connectivity index (χ3n) is 2.84. The maximum Gasteiger partial charge on any atom is 0.122 e. The number of nitrogen functional groups attached to an aromatic ring is 1. The number of nitrogens with zero attached hydrogens (tertiary/aromatic N) is 1. The Morgan fingerprint density at radius 2 is 2.27 bits per heavy atom. The van der Waals surface area contributed by atoms with E-state index >= 15 is 0 Å². The largest absolute Gasteiger partial charge is 0.489 e. The van der Waals surface area contributed by atoms with Crippen LogP contribution in [-0.4, -0.2) is 31.1 Å². The van der Waals surface area contributed by atoms with Crippen LogP contribution in [0.25, 0.3) is 0 Å². The molecular formula is C12H18N2O. The minimum absolute atomic E-state index is 0.331. The molecule has 1 aromatic rings. The molecule has 1 aliphatic rings. The average molecular weight is 206 g/mol. The summed E-state index contributed by atoms with van der Waals surface area (Å²) in [7, 11) is 2.12. The fourth-order valence-corrected chi connectivity index (χ4v) is 1.98. The molecule has 0 spiro atoms. The van der Waals surface area contributed by atoms with E-state index in [0.29, 0.717) is 6.10 Å². The van der Waals surface area contributed by atoms with Gasteiger partial charge in [-0.3, -0.25) is 0 Å². The summed E-state index contributed by atoms with van der Waals surface area (Å²) < 4.78 is 5.93. The maximum atomic E-state index is 5.93. The third-order valence-corrected chi connectivity index (χ3v) is 2.84. The van der Waals surface area contributed by atoms with Gasteiger partial charge in [0.25, 0.3) is 0 Å². The van der Waals surface area contributed by atoms with Crippen LogP contribution in [0.3, 0.4) is 0 Å². The zero-order valence-corrected chi connectivity index (χ0v) is 9.36. The second-order valence-electron chi connectivity index (χ2n) is 4.32. The van der Waals surface area contributed by atoms with Gasteiger partial charge in [-0.2, -0.15) is 0 Å². The first-order valence-corrected chi connectivity index (χ1v) is 5.36. The molecule has 3 heteroatoms. The molecule has 1 saturated heterocycles. The van der Waals surface area contributed by atoms with E-state index in [1.807, 2.05) is 25.1 Å². The zero-order valence-electron chi connectivity index (χ0n) is 9.36. The van der Waals surface area contributed by atoms with Crippen LogP contribution in [0, 0.1) is 6.92 Å². The summed E-state index contributed by atoms with van der Waals surface area (Å²) >= 11 is 0. The highest BCUT2D eigenvalue weighted by Gasteiger charge is 2.21. The Hall–Kier alpha value is -1.22. The molecule has 1 aliphatic heterocycles. The number of likely N-dealkylation sites (N-methyl/N-ethyl adjacent to an activating group) is 1. The van der Waals surface area contributed by atoms with E-state index in [4.69, 9.17) is 10.5 Å². The fraction of sp³-hybridized carbons (Fsp3) is 0.500. The summed E-state index contributed by atoms with van der Waals surface area (Å²) in [5.41, 5.74) is 7.60. The molecule has 1 aromatic carbocycles. The van der Waals surface area contributed by atoms with E-state index in [1.54, 1.807) is 0 Å². The van der Waals surface area contributed by atoms with Crippen LogP contribution in [0.1, 0.15) is 12.0 Å². The van der Waals surface area contributed by atoms with Crippen molar-refractivity contribution in [2.45, 2.75) is 19.4 Å². The molecule has 1 fully saturated rings. The molecule has 1 heterocycles. The minimum atomic E-state index is 0.331. The Balaban J connectivity index is 2.04. The quantitative estimate of drug-likeness (QED) is 0.748. The van der Waals surface area contributed by atoms with E-state index < -0.39 is 0 Å². The van der Waals surface area contributed by atoms with Crippen molar-refractivity contribution in [2.75, 3.05) is 25.9 Å². The van der Waals surface area contributed by atoms with E-state index in [1.165, 1.54) is 0 Å². The molecule has 82 valence electrons. The summed E-state index contributed by atoms with van der Waals surface area (Å²) in [6.07, 6.45) is 1.44. The predicted octanol–water partition coefficient (Wildman–Crippen LogP) is 1.66. The fourth-order valence-electron chi connectivity index (χ4n) is 1.98. The van der Waals surface area contributed by atoms with Crippen LogP contribution in [0.4, 0.5) is 5.69 Å². The summed E-state index contributed by atoms with van der Waals surface area (Å²) in [4.78, 5) is 2.29. The van der Waals surface area contributed by atoms with Crippen molar-refractivity contribution in [3.8, 4) is 5.75 Å². The maximum absolute atomic E-state index is 5.93. The molecule has 15 heavy (non-hydrogen) atoms. The van der Waals surface area contributed by atoms with Crippen molar-refractivity contribution in [3.05, 3.63) is 23.8 Å². The first-order valence-electron chi connectivity index (χ1n) is 5.36. The highest BCUT2D eigenvalue weighted by molar-refractivity contribution is 5.47. The van der Waals surface area contributed by atoms with Crippen LogP contribution >= 0.6 is 0 Å². The van der Waals surface area contributed by atoms with E-state index in [0.717, 1.165) is 36.5 Å². The van der Waals surface area contributed by atoms with Gasteiger partial charge in [0, 0.05) is 18.8 Å². The molecule has 0 bridgehead atoms. The van der Waals surface area contributed by atoms with Crippen LogP contribution in [0.5, 0.6) is 5.75 Å². The summed E-state index contributed by atoms with van der Waals surface area (Å²) in [5.74, 6) is 0.963. The van der Waals surface area contributed by atoms with Gasteiger partial charge in [0.15, 0.2) is 0 Å². The van der Waals surface area contributed by atoms with Gasteiger partial charge in [0.2, 0.25) is 0 Å². The molecule has 0 saturated carbocycles. The lowest BCUT2D eigenvalue weighted by Gasteiger charge is -2.15. The molecule has 2 N–H and O–H groups in total. The Morgan fingerprint density at radius 1 is 1.47 bits per heavy atom. The predicted molar refractivity (Wildman–Crippen MR) is 62.1 cm³/mol. The molecule has 0 aromatic heterocycles. The molecule has 0 aliphatic carbocycles. The Kier molecular flexibility index (Phi) is 2.82. The molecular weight excluding hydrogens is 188 g/mol. The van der Waals surface area contributed by atoms with E-state index in [-0.39, 0.29) is 0 Å². The Bertz CT molecular complexity index is 351. The van der Waals surface area contributed by atoms with Gasteiger partial charge in [0.1, 0.15) is 11.9 Å². The van der Waals surface area contributed by atoms with Crippen LogP contribution in [0.15, 0.2) is 18.2 Å². The number of aryl methyl sites for hydroxylation is 1. The highest BCUT2D eigenvalue weighted by Crippen LogP contribution is 2.23. The monoisotopic (exact) mass is 206 g/mol. The second kappa shape index (κ2) is 4.11. The SMILES string of the molecule is Cc1cc(N)ccc1O[C@H]1CCN(C)C1. The van der Waals surface area contributed by atoms with Crippen molar-refractivity contribution < 1.29 is 4.74 Å². The third kappa shape index (κ3) is 2.42. The number of hydrogen-bond acceptors (Lipinski definition) is 3. The average Bonchev–Trinajstić information content (AvgIpc) is 2.56. The van der Waals surface area contributed by atoms with Gasteiger partial charge in [-0.1, -0.05) is 0 Å². The first-order chi connectivity index (χ1) is 7.15. The zero-order chi connectivity index (χ0) is 10.8. The van der Waals surface area contributed by atoms with E-state index in [2.05, 4.69) is 11.9 Å². The first kappa shape index (κ1) is 10.3. The molecule has 2 rings (SSSR count). The van der Waals surface area contributed by atoms with Crippen LogP contribution in [-0.2, 0) is 0 Å². The second-order valence-corrected chi connectivity index (χ2v) is 4.32. The van der Waals surface area contributed by atoms with Crippen LogP contribution < -0.4 is 10.5 Å². The minimum Gasteiger partial charge on any atom is -0.489 e. The van der Waals surface area contributed by atoms with Gasteiger partial charge in [-0.25, -0.2) is 0 Å². The lowest BCUT2D eigenvalue weighted by Crippen LogP contribution is -2.21.